The third-order valence-corrected chi connectivity index (χ3v) is 3.47. The summed E-state index contributed by atoms with van der Waals surface area (Å²) < 4.78 is 10.6. The van der Waals surface area contributed by atoms with Crippen molar-refractivity contribution in [3.63, 3.8) is 0 Å². The van der Waals surface area contributed by atoms with Crippen LogP contribution in [0, 0.1) is 0 Å². The number of anilines is 1. The van der Waals surface area contributed by atoms with Gasteiger partial charge in [-0.2, -0.15) is 0 Å². The van der Waals surface area contributed by atoms with E-state index in [1.165, 1.54) is 5.57 Å². The molecular formula is C17H24N2O3. The normalized spacial score (nSPS) is 15.3. The second kappa shape index (κ2) is 6.30. The molecule has 1 aromatic carbocycles. The zero-order chi connectivity index (χ0) is 16.3. The van der Waals surface area contributed by atoms with Crippen LogP contribution in [0.5, 0.6) is 5.75 Å². The topological polar surface area (TPSA) is 64.8 Å². The molecule has 0 saturated heterocycles. The molecule has 22 heavy (non-hydrogen) atoms. The van der Waals surface area contributed by atoms with Gasteiger partial charge in [-0.15, -0.1) is 0 Å². The quantitative estimate of drug-likeness (QED) is 0.851. The minimum absolute atomic E-state index is 0.266. The van der Waals surface area contributed by atoms with Crippen molar-refractivity contribution in [2.45, 2.75) is 32.8 Å². The van der Waals surface area contributed by atoms with E-state index >= 15 is 0 Å². The van der Waals surface area contributed by atoms with Gasteiger partial charge in [0.2, 0.25) is 0 Å². The van der Waals surface area contributed by atoms with Crippen LogP contribution in [0.4, 0.5) is 10.5 Å². The SMILES string of the molecule is COc1cc(C2=CCN(C(=O)OC(C)(C)C)CC2)ccc1N. The van der Waals surface area contributed by atoms with Gasteiger partial charge in [0.15, 0.2) is 0 Å². The minimum Gasteiger partial charge on any atom is -0.495 e. The van der Waals surface area contributed by atoms with E-state index < -0.39 is 5.60 Å². The van der Waals surface area contributed by atoms with Gasteiger partial charge in [-0.3, -0.25) is 0 Å². The number of methoxy groups -OCH3 is 1. The second-order valence-electron chi connectivity index (χ2n) is 6.36. The molecule has 1 aliphatic heterocycles. The number of nitrogens with zero attached hydrogens (tertiary/aromatic N) is 1. The van der Waals surface area contributed by atoms with Crippen LogP contribution in [-0.4, -0.2) is 36.8 Å². The molecule has 0 fully saturated rings. The third kappa shape index (κ3) is 3.93. The van der Waals surface area contributed by atoms with E-state index in [1.807, 2.05) is 39.0 Å². The first kappa shape index (κ1) is 16.2. The van der Waals surface area contributed by atoms with Gasteiger partial charge in [0.1, 0.15) is 11.4 Å². The van der Waals surface area contributed by atoms with Crippen LogP contribution >= 0.6 is 0 Å². The number of rotatable bonds is 2. The summed E-state index contributed by atoms with van der Waals surface area (Å²) in [6, 6.07) is 5.76. The minimum atomic E-state index is -0.467. The molecule has 0 saturated carbocycles. The Balaban J connectivity index is 2.07. The van der Waals surface area contributed by atoms with Gasteiger partial charge in [-0.05, 0) is 50.5 Å². The van der Waals surface area contributed by atoms with Crippen LogP contribution in [-0.2, 0) is 4.74 Å². The Labute approximate surface area is 131 Å². The van der Waals surface area contributed by atoms with E-state index in [-0.39, 0.29) is 6.09 Å². The molecule has 0 atom stereocenters. The average molecular weight is 304 g/mol. The summed E-state index contributed by atoms with van der Waals surface area (Å²) in [7, 11) is 1.61. The second-order valence-corrected chi connectivity index (χ2v) is 6.36. The van der Waals surface area contributed by atoms with Gasteiger partial charge in [0.05, 0.1) is 12.8 Å². The largest absolute Gasteiger partial charge is 0.495 e. The van der Waals surface area contributed by atoms with Crippen molar-refractivity contribution in [1.29, 1.82) is 0 Å². The maximum absolute atomic E-state index is 12.0. The highest BCUT2D eigenvalue weighted by molar-refractivity contribution is 5.74. The number of nitrogen functional groups attached to an aromatic ring is 1. The number of carbonyl (C=O) groups excluding carboxylic acids is 1. The maximum Gasteiger partial charge on any atom is 0.410 e. The molecule has 1 aromatic rings. The van der Waals surface area contributed by atoms with Crippen LogP contribution < -0.4 is 10.5 Å². The molecule has 0 aliphatic carbocycles. The predicted molar refractivity (Wildman–Crippen MR) is 87.8 cm³/mol. The van der Waals surface area contributed by atoms with E-state index in [0.717, 1.165) is 12.0 Å². The van der Waals surface area contributed by atoms with Gasteiger partial charge in [-0.1, -0.05) is 12.1 Å². The highest BCUT2D eigenvalue weighted by atomic mass is 16.6. The maximum atomic E-state index is 12.0. The number of hydrogen-bond acceptors (Lipinski definition) is 4. The first-order valence-electron chi connectivity index (χ1n) is 7.41. The summed E-state index contributed by atoms with van der Waals surface area (Å²) in [6.07, 6.45) is 2.57. The molecular weight excluding hydrogens is 280 g/mol. The lowest BCUT2D eigenvalue weighted by Gasteiger charge is -2.29. The van der Waals surface area contributed by atoms with Crippen LogP contribution in [0.1, 0.15) is 32.8 Å². The van der Waals surface area contributed by atoms with Crippen molar-refractivity contribution >= 4 is 17.4 Å². The summed E-state index contributed by atoms with van der Waals surface area (Å²) >= 11 is 0. The van der Waals surface area contributed by atoms with E-state index in [9.17, 15) is 4.79 Å². The summed E-state index contributed by atoms with van der Waals surface area (Å²) in [5.41, 5.74) is 8.26. The smallest absolute Gasteiger partial charge is 0.410 e. The predicted octanol–water partition coefficient (Wildman–Crippen LogP) is 3.30. The van der Waals surface area contributed by atoms with Crippen molar-refractivity contribution in [1.82, 2.24) is 4.90 Å². The summed E-state index contributed by atoms with van der Waals surface area (Å²) in [4.78, 5) is 13.8. The molecule has 0 bridgehead atoms. The number of carbonyl (C=O) groups is 1. The lowest BCUT2D eigenvalue weighted by molar-refractivity contribution is 0.0270. The molecule has 5 nitrogen and oxygen atoms in total. The fourth-order valence-corrected chi connectivity index (χ4v) is 2.33. The number of ether oxygens (including phenoxy) is 2. The molecule has 5 heteroatoms. The number of hydrogen-bond donors (Lipinski definition) is 1. The van der Waals surface area contributed by atoms with E-state index in [1.54, 1.807) is 12.0 Å². The Bertz CT molecular complexity index is 588. The van der Waals surface area contributed by atoms with Crippen LogP contribution in [0.2, 0.25) is 0 Å². The third-order valence-electron chi connectivity index (χ3n) is 3.47. The van der Waals surface area contributed by atoms with E-state index in [0.29, 0.717) is 24.5 Å². The van der Waals surface area contributed by atoms with Gasteiger partial charge >= 0.3 is 6.09 Å². The molecule has 1 aliphatic rings. The Morgan fingerprint density at radius 3 is 2.59 bits per heavy atom. The van der Waals surface area contributed by atoms with Crippen molar-refractivity contribution in [2.24, 2.45) is 0 Å². The van der Waals surface area contributed by atoms with E-state index in [4.69, 9.17) is 15.2 Å². The molecule has 0 aromatic heterocycles. The van der Waals surface area contributed by atoms with Crippen molar-refractivity contribution < 1.29 is 14.3 Å². The zero-order valence-corrected chi connectivity index (χ0v) is 13.7. The van der Waals surface area contributed by atoms with Gasteiger partial charge in [0, 0.05) is 13.1 Å². The lowest BCUT2D eigenvalue weighted by atomic mass is 9.99. The first-order valence-corrected chi connectivity index (χ1v) is 7.41. The number of benzene rings is 1. The Morgan fingerprint density at radius 1 is 1.32 bits per heavy atom. The fraction of sp³-hybridized carbons (Fsp3) is 0.471. The molecule has 0 unspecified atom stereocenters. The molecule has 2 N–H and O–H groups in total. The highest BCUT2D eigenvalue weighted by Gasteiger charge is 2.23. The van der Waals surface area contributed by atoms with Crippen molar-refractivity contribution in [3.05, 3.63) is 29.8 Å². The molecule has 2 rings (SSSR count). The first-order chi connectivity index (χ1) is 10.3. The summed E-state index contributed by atoms with van der Waals surface area (Å²) in [6.45, 7) is 6.81. The van der Waals surface area contributed by atoms with Crippen LogP contribution in [0.25, 0.3) is 5.57 Å². The van der Waals surface area contributed by atoms with Crippen molar-refractivity contribution in [3.8, 4) is 5.75 Å². The molecule has 0 spiro atoms. The standard InChI is InChI=1S/C17H24N2O3/c1-17(2,3)22-16(20)19-9-7-12(8-10-19)13-5-6-14(18)15(11-13)21-4/h5-7,11H,8-10,18H2,1-4H3. The van der Waals surface area contributed by atoms with Crippen LogP contribution in [0.15, 0.2) is 24.3 Å². The fourth-order valence-electron chi connectivity index (χ4n) is 2.33. The molecule has 120 valence electrons. The number of nitrogens with two attached hydrogens (primary N) is 1. The summed E-state index contributed by atoms with van der Waals surface area (Å²) in [5, 5.41) is 0. The Hall–Kier alpha value is -2.17. The lowest BCUT2D eigenvalue weighted by Crippen LogP contribution is -2.39. The molecule has 1 amide bonds. The Morgan fingerprint density at radius 2 is 2.05 bits per heavy atom. The number of amides is 1. The molecule has 0 radical (unpaired) electrons. The molecule has 1 heterocycles. The Kier molecular flexibility index (Phi) is 4.64. The summed E-state index contributed by atoms with van der Waals surface area (Å²) in [5.74, 6) is 0.674. The van der Waals surface area contributed by atoms with Gasteiger partial charge in [-0.25, -0.2) is 4.79 Å². The monoisotopic (exact) mass is 304 g/mol. The van der Waals surface area contributed by atoms with E-state index in [2.05, 4.69) is 6.08 Å². The van der Waals surface area contributed by atoms with Crippen LogP contribution in [0.3, 0.4) is 0 Å². The van der Waals surface area contributed by atoms with Gasteiger partial charge in [0.25, 0.3) is 0 Å². The zero-order valence-electron chi connectivity index (χ0n) is 13.7. The highest BCUT2D eigenvalue weighted by Crippen LogP contribution is 2.29. The van der Waals surface area contributed by atoms with Crippen molar-refractivity contribution in [2.75, 3.05) is 25.9 Å². The average Bonchev–Trinajstić information content (AvgIpc) is 2.46. The van der Waals surface area contributed by atoms with Gasteiger partial charge < -0.3 is 20.1 Å².